The molecule has 164 valence electrons. The molecule has 5 nitrogen and oxygen atoms in total. The van der Waals surface area contributed by atoms with E-state index in [2.05, 4.69) is 0 Å². The number of rotatable bonds is 8. The van der Waals surface area contributed by atoms with Crippen LogP contribution in [0.5, 0.6) is 0 Å². The van der Waals surface area contributed by atoms with Crippen LogP contribution in [0, 0.1) is 0 Å². The van der Waals surface area contributed by atoms with Crippen LogP contribution in [0.25, 0.3) is 19.5 Å². The molecule has 0 aromatic carbocycles. The maximum atomic E-state index is 12.9. The van der Waals surface area contributed by atoms with Gasteiger partial charge in [0.2, 0.25) is 5.78 Å². The number of carboxylic acid groups (broad SMARTS) is 1. The first kappa shape index (κ1) is 22.6. The predicted octanol–water partition coefficient (Wildman–Crippen LogP) is 6.40. The lowest BCUT2D eigenvalue weighted by Crippen LogP contribution is -2.06. The molecule has 1 N–H and O–H groups in total. The van der Waals surface area contributed by atoms with Crippen LogP contribution < -0.4 is 0 Å². The second-order valence-electron chi connectivity index (χ2n) is 6.95. The van der Waals surface area contributed by atoms with Gasteiger partial charge in [-0.2, -0.15) is 0 Å². The first-order chi connectivity index (χ1) is 15.4. The van der Waals surface area contributed by atoms with Crippen molar-refractivity contribution >= 4 is 63.1 Å². The second-order valence-corrected chi connectivity index (χ2v) is 11.0. The largest absolute Gasteiger partial charge is 0.481 e. The van der Waals surface area contributed by atoms with Crippen molar-refractivity contribution < 1.29 is 24.2 Å². The summed E-state index contributed by atoms with van der Waals surface area (Å²) in [6.07, 6.45) is 0.0770. The molecule has 0 saturated heterocycles. The van der Waals surface area contributed by atoms with E-state index in [9.17, 15) is 19.5 Å². The average molecular weight is 503 g/mol. The van der Waals surface area contributed by atoms with Crippen molar-refractivity contribution in [2.45, 2.75) is 19.3 Å². The van der Waals surface area contributed by atoms with Gasteiger partial charge in [0.05, 0.1) is 29.2 Å². The molecule has 4 aromatic rings. The predicted molar refractivity (Wildman–Crippen MR) is 130 cm³/mol. The Morgan fingerprint density at radius 1 is 0.969 bits per heavy atom. The molecule has 32 heavy (non-hydrogen) atoms. The number of carbonyl (C=O) groups is 3. The van der Waals surface area contributed by atoms with Crippen molar-refractivity contribution in [3.8, 4) is 19.5 Å². The van der Waals surface area contributed by atoms with Gasteiger partial charge in [0.25, 0.3) is 0 Å². The summed E-state index contributed by atoms with van der Waals surface area (Å²) in [4.78, 5) is 41.3. The first-order valence-electron chi connectivity index (χ1n) is 9.57. The SMILES string of the molecule is COC(=O)Cc1cc(C(=O)c2cccs2)sc1-c1ccc(-c2sccc2C(C)C(=O)O)s1. The van der Waals surface area contributed by atoms with Crippen LogP contribution >= 0.6 is 45.3 Å². The summed E-state index contributed by atoms with van der Waals surface area (Å²) >= 11 is 5.78. The lowest BCUT2D eigenvalue weighted by Gasteiger charge is -2.06. The van der Waals surface area contributed by atoms with Crippen molar-refractivity contribution in [2.75, 3.05) is 7.11 Å². The standard InChI is InChI=1S/C23H18O5S4/c1-12(23(26)27)14-7-9-30-22(14)17-6-5-16(31-17)21-13(11-19(24)28-2)10-18(32-21)20(25)15-4-3-8-29-15/h3-10,12H,11H2,1-2H3,(H,26,27). The minimum Gasteiger partial charge on any atom is -0.481 e. The minimum atomic E-state index is -0.864. The number of aliphatic carboxylic acids is 1. The number of hydrogen-bond acceptors (Lipinski definition) is 8. The molecule has 4 aromatic heterocycles. The number of ether oxygens (including phenoxy) is 1. The zero-order valence-electron chi connectivity index (χ0n) is 17.1. The highest BCUT2D eigenvalue weighted by Gasteiger charge is 2.23. The van der Waals surface area contributed by atoms with E-state index < -0.39 is 11.9 Å². The molecule has 4 rings (SSSR count). The van der Waals surface area contributed by atoms with Gasteiger partial charge in [0.15, 0.2) is 0 Å². The van der Waals surface area contributed by atoms with Crippen LogP contribution in [0.4, 0.5) is 0 Å². The van der Waals surface area contributed by atoms with E-state index in [4.69, 9.17) is 4.74 Å². The molecule has 0 saturated carbocycles. The summed E-state index contributed by atoms with van der Waals surface area (Å²) in [5.74, 6) is -1.90. The van der Waals surface area contributed by atoms with Gasteiger partial charge >= 0.3 is 11.9 Å². The zero-order valence-corrected chi connectivity index (χ0v) is 20.4. The van der Waals surface area contributed by atoms with Gasteiger partial charge in [-0.3, -0.25) is 14.4 Å². The summed E-state index contributed by atoms with van der Waals surface area (Å²) in [5, 5.41) is 13.2. The number of methoxy groups -OCH3 is 1. The monoisotopic (exact) mass is 502 g/mol. The molecule has 0 spiro atoms. The molecule has 0 fully saturated rings. The summed E-state index contributed by atoms with van der Waals surface area (Å²) in [6.45, 7) is 1.68. The van der Waals surface area contributed by atoms with Crippen molar-refractivity contribution in [1.29, 1.82) is 0 Å². The average Bonchev–Trinajstić information content (AvgIpc) is 3.57. The highest BCUT2D eigenvalue weighted by Crippen LogP contribution is 2.44. The van der Waals surface area contributed by atoms with Gasteiger partial charge in [-0.05, 0) is 59.1 Å². The Labute approximate surface area is 200 Å². The van der Waals surface area contributed by atoms with Gasteiger partial charge in [-0.15, -0.1) is 45.3 Å². The van der Waals surface area contributed by atoms with Gasteiger partial charge in [0, 0.05) is 19.5 Å². The molecular formula is C23H18O5S4. The Morgan fingerprint density at radius 2 is 1.72 bits per heavy atom. The van der Waals surface area contributed by atoms with Crippen molar-refractivity contribution in [3.05, 3.63) is 68.0 Å². The number of ketones is 1. The molecular weight excluding hydrogens is 485 g/mol. The number of carboxylic acids is 1. The van der Waals surface area contributed by atoms with Crippen LogP contribution in [0.15, 0.2) is 47.2 Å². The number of esters is 1. The van der Waals surface area contributed by atoms with Crippen molar-refractivity contribution in [3.63, 3.8) is 0 Å². The quantitative estimate of drug-likeness (QED) is 0.223. The summed E-state index contributed by atoms with van der Waals surface area (Å²) < 4.78 is 4.85. The van der Waals surface area contributed by atoms with E-state index in [1.807, 2.05) is 35.0 Å². The Morgan fingerprint density at radius 3 is 2.38 bits per heavy atom. The molecule has 0 radical (unpaired) electrons. The highest BCUT2D eigenvalue weighted by atomic mass is 32.1. The molecule has 4 heterocycles. The van der Waals surface area contributed by atoms with Crippen LogP contribution in [0.3, 0.4) is 0 Å². The number of carbonyl (C=O) groups excluding carboxylic acids is 2. The fourth-order valence-electron chi connectivity index (χ4n) is 3.21. The molecule has 0 aliphatic heterocycles. The minimum absolute atomic E-state index is 0.0602. The first-order valence-corrected chi connectivity index (χ1v) is 13.0. The lowest BCUT2D eigenvalue weighted by atomic mass is 10.0. The molecule has 0 bridgehead atoms. The van der Waals surface area contributed by atoms with Crippen LogP contribution in [-0.2, 0) is 20.7 Å². The van der Waals surface area contributed by atoms with E-state index >= 15 is 0 Å². The summed E-state index contributed by atoms with van der Waals surface area (Å²) in [6, 6.07) is 11.2. The molecule has 1 unspecified atom stereocenters. The van der Waals surface area contributed by atoms with E-state index in [0.29, 0.717) is 9.75 Å². The third-order valence-corrected chi connectivity index (χ3v) is 9.35. The molecule has 0 aliphatic carbocycles. The van der Waals surface area contributed by atoms with E-state index in [1.54, 1.807) is 19.1 Å². The third kappa shape index (κ3) is 4.47. The Bertz CT molecular complexity index is 1280. The van der Waals surface area contributed by atoms with E-state index in [1.165, 1.54) is 52.5 Å². The van der Waals surface area contributed by atoms with Crippen LogP contribution in [0.2, 0.25) is 0 Å². The topological polar surface area (TPSA) is 80.7 Å². The van der Waals surface area contributed by atoms with Crippen LogP contribution in [0.1, 0.15) is 38.5 Å². The molecule has 1 atom stereocenters. The van der Waals surface area contributed by atoms with Gasteiger partial charge in [-0.25, -0.2) is 0 Å². The van der Waals surface area contributed by atoms with Gasteiger partial charge in [-0.1, -0.05) is 6.07 Å². The number of hydrogen-bond donors (Lipinski definition) is 1. The Hall–Kier alpha value is -2.59. The molecule has 9 heteroatoms. The third-order valence-electron chi connectivity index (χ3n) is 4.93. The second kappa shape index (κ2) is 9.50. The highest BCUT2D eigenvalue weighted by molar-refractivity contribution is 7.27. The smallest absolute Gasteiger partial charge is 0.310 e. The summed E-state index contributed by atoms with van der Waals surface area (Å²) in [7, 11) is 1.34. The summed E-state index contributed by atoms with van der Waals surface area (Å²) in [5.41, 5.74) is 1.53. The molecule has 0 amide bonds. The van der Waals surface area contributed by atoms with E-state index in [-0.39, 0.29) is 18.2 Å². The van der Waals surface area contributed by atoms with Crippen molar-refractivity contribution in [1.82, 2.24) is 0 Å². The van der Waals surface area contributed by atoms with Gasteiger partial charge < -0.3 is 9.84 Å². The maximum absolute atomic E-state index is 12.9. The van der Waals surface area contributed by atoms with Gasteiger partial charge in [0.1, 0.15) is 0 Å². The van der Waals surface area contributed by atoms with E-state index in [0.717, 1.165) is 30.6 Å². The molecule has 0 aliphatic rings. The lowest BCUT2D eigenvalue weighted by molar-refractivity contribution is -0.140. The van der Waals surface area contributed by atoms with Crippen LogP contribution in [-0.4, -0.2) is 29.9 Å². The fourth-order valence-corrected chi connectivity index (χ4v) is 7.39. The van der Waals surface area contributed by atoms with Crippen molar-refractivity contribution in [2.24, 2.45) is 0 Å². The maximum Gasteiger partial charge on any atom is 0.310 e. The fraction of sp³-hybridized carbons (Fsp3) is 0.174. The Balaban J connectivity index is 1.73. The zero-order chi connectivity index (χ0) is 22.8. The number of thiophene rings is 4. The Kier molecular flexibility index (Phi) is 6.71. The normalized spacial score (nSPS) is 11.9.